The number of hydrogen-bond donors (Lipinski definition) is 1. The highest BCUT2D eigenvalue weighted by Crippen LogP contribution is 2.21. The number of aliphatic carboxylic acids is 1. The van der Waals surface area contributed by atoms with Crippen LogP contribution in [-0.2, 0) is 4.79 Å². The highest BCUT2D eigenvalue weighted by atomic mass is 19.1. The number of carboxylic acids is 1. The monoisotopic (exact) mass is 192 g/mol. The summed E-state index contributed by atoms with van der Waals surface area (Å²) in [6, 6.07) is -1.01. The second-order valence-corrected chi connectivity index (χ2v) is 2.69. The quantitative estimate of drug-likeness (QED) is 0.656. The zero-order valence-electron chi connectivity index (χ0n) is 7.07. The van der Waals surface area contributed by atoms with E-state index in [0.29, 0.717) is 0 Å². The minimum atomic E-state index is -1.22. The van der Waals surface area contributed by atoms with E-state index in [1.165, 1.54) is 18.3 Å². The lowest BCUT2D eigenvalue weighted by atomic mass is 10.1. The van der Waals surface area contributed by atoms with Gasteiger partial charge in [-0.2, -0.15) is 5.01 Å². The third-order valence-corrected chi connectivity index (χ3v) is 1.97. The van der Waals surface area contributed by atoms with Crippen LogP contribution in [0.4, 0.5) is 8.78 Å². The predicted molar refractivity (Wildman–Crippen MR) is 41.1 cm³/mol. The molecule has 1 unspecified atom stereocenters. The van der Waals surface area contributed by atoms with Crippen LogP contribution in [0.1, 0.15) is 0 Å². The Kier molecular flexibility index (Phi) is 2.82. The molecule has 1 aliphatic heterocycles. The first-order valence-electron chi connectivity index (χ1n) is 3.68. The van der Waals surface area contributed by atoms with Crippen LogP contribution in [0.2, 0.25) is 0 Å². The minimum Gasteiger partial charge on any atom is -0.478 e. The lowest BCUT2D eigenvalue weighted by Crippen LogP contribution is -2.41. The number of hydrazine groups is 1. The third-order valence-electron chi connectivity index (χ3n) is 1.97. The van der Waals surface area contributed by atoms with E-state index in [-0.39, 0.29) is 5.57 Å². The molecule has 6 heteroatoms. The van der Waals surface area contributed by atoms with E-state index >= 15 is 0 Å². The van der Waals surface area contributed by atoms with Crippen LogP contribution in [0.3, 0.4) is 0 Å². The Hall–Kier alpha value is -1.17. The van der Waals surface area contributed by atoms with Crippen molar-refractivity contribution in [3.8, 4) is 0 Å². The van der Waals surface area contributed by atoms with Gasteiger partial charge in [-0.3, -0.25) is 0 Å². The Labute approximate surface area is 74.0 Å². The Morgan fingerprint density at radius 2 is 2.31 bits per heavy atom. The van der Waals surface area contributed by atoms with Gasteiger partial charge in [0, 0.05) is 13.2 Å². The van der Waals surface area contributed by atoms with Crippen LogP contribution >= 0.6 is 0 Å². The zero-order valence-corrected chi connectivity index (χ0v) is 7.07. The number of hydrogen-bond acceptors (Lipinski definition) is 3. The largest absolute Gasteiger partial charge is 0.478 e. The maximum absolute atomic E-state index is 12.4. The van der Waals surface area contributed by atoms with Gasteiger partial charge < -0.3 is 10.1 Å². The van der Waals surface area contributed by atoms with E-state index in [0.717, 1.165) is 5.01 Å². The fourth-order valence-corrected chi connectivity index (χ4v) is 1.27. The van der Waals surface area contributed by atoms with E-state index in [2.05, 4.69) is 0 Å². The molecular formula is C7H10F2N2O2. The second-order valence-electron chi connectivity index (χ2n) is 2.69. The summed E-state index contributed by atoms with van der Waals surface area (Å²) in [7, 11) is 1.47. The summed E-state index contributed by atoms with van der Waals surface area (Å²) in [6.07, 6.45) is 1.21. The first-order valence-corrected chi connectivity index (χ1v) is 3.68. The third kappa shape index (κ3) is 1.62. The standard InChI is InChI=1S/C7H10F2N2O2/c1-10-3-5(7(12)13)6(2-8)11(10)4-9/h3,6H,2,4H2,1H3,(H,12,13). The van der Waals surface area contributed by atoms with Gasteiger partial charge in [0.05, 0.1) is 11.6 Å². The lowest BCUT2D eigenvalue weighted by Gasteiger charge is -2.26. The van der Waals surface area contributed by atoms with E-state index in [4.69, 9.17) is 5.11 Å². The van der Waals surface area contributed by atoms with Crippen molar-refractivity contribution in [3.63, 3.8) is 0 Å². The van der Waals surface area contributed by atoms with Gasteiger partial charge in [0.25, 0.3) is 0 Å². The van der Waals surface area contributed by atoms with Gasteiger partial charge in [-0.05, 0) is 0 Å². The van der Waals surface area contributed by atoms with Crippen molar-refractivity contribution < 1.29 is 18.7 Å². The Bertz CT molecular complexity index is 245. The maximum atomic E-state index is 12.4. The van der Waals surface area contributed by atoms with E-state index in [9.17, 15) is 13.6 Å². The van der Waals surface area contributed by atoms with Crippen LogP contribution in [0.25, 0.3) is 0 Å². The SMILES string of the molecule is CN1C=C(C(=O)O)C(CF)N1CF. The normalized spacial score (nSPS) is 23.5. The Morgan fingerprint density at radius 3 is 2.69 bits per heavy atom. The highest BCUT2D eigenvalue weighted by Gasteiger charge is 2.34. The highest BCUT2D eigenvalue weighted by molar-refractivity contribution is 5.88. The van der Waals surface area contributed by atoms with Gasteiger partial charge in [-0.15, -0.1) is 0 Å². The summed E-state index contributed by atoms with van der Waals surface area (Å²) < 4.78 is 24.7. The van der Waals surface area contributed by atoms with Crippen molar-refractivity contribution in [2.24, 2.45) is 0 Å². The van der Waals surface area contributed by atoms with Crippen molar-refractivity contribution in [1.82, 2.24) is 10.0 Å². The number of carboxylic acid groups (broad SMARTS) is 1. The lowest BCUT2D eigenvalue weighted by molar-refractivity contribution is -0.133. The first kappa shape index (κ1) is 9.91. The fraction of sp³-hybridized carbons (Fsp3) is 0.571. The molecule has 1 N–H and O–H groups in total. The van der Waals surface area contributed by atoms with Crippen molar-refractivity contribution in [2.45, 2.75) is 6.04 Å². The Morgan fingerprint density at radius 1 is 1.69 bits per heavy atom. The molecule has 0 fully saturated rings. The molecule has 1 atom stereocenters. The number of alkyl halides is 2. The van der Waals surface area contributed by atoms with Crippen molar-refractivity contribution >= 4 is 5.97 Å². The molecule has 0 spiro atoms. The summed E-state index contributed by atoms with van der Waals surface area (Å²) >= 11 is 0. The molecule has 0 bridgehead atoms. The van der Waals surface area contributed by atoms with Crippen LogP contribution in [-0.4, -0.2) is 47.7 Å². The van der Waals surface area contributed by atoms with Crippen LogP contribution in [0.15, 0.2) is 11.8 Å². The molecule has 13 heavy (non-hydrogen) atoms. The summed E-state index contributed by atoms with van der Waals surface area (Å²) in [4.78, 5) is 10.6. The topological polar surface area (TPSA) is 43.8 Å². The molecule has 0 radical (unpaired) electrons. The predicted octanol–water partition coefficient (Wildman–Crippen LogP) is 0.382. The molecule has 4 nitrogen and oxygen atoms in total. The number of carbonyl (C=O) groups is 1. The zero-order chi connectivity index (χ0) is 10.0. The molecule has 0 aliphatic carbocycles. The number of halogens is 2. The van der Waals surface area contributed by atoms with E-state index < -0.39 is 25.5 Å². The van der Waals surface area contributed by atoms with E-state index in [1.807, 2.05) is 0 Å². The second kappa shape index (κ2) is 3.69. The van der Waals surface area contributed by atoms with Gasteiger partial charge in [0.2, 0.25) is 0 Å². The Balaban J connectivity index is 2.86. The van der Waals surface area contributed by atoms with Gasteiger partial charge in [0.15, 0.2) is 6.80 Å². The molecule has 0 saturated heterocycles. The van der Waals surface area contributed by atoms with Crippen molar-refractivity contribution in [3.05, 3.63) is 11.8 Å². The summed E-state index contributed by atoms with van der Waals surface area (Å²) in [5.41, 5.74) is -0.123. The summed E-state index contributed by atoms with van der Waals surface area (Å²) in [6.45, 7) is -1.81. The molecule has 0 amide bonds. The van der Waals surface area contributed by atoms with Crippen LogP contribution < -0.4 is 0 Å². The van der Waals surface area contributed by atoms with Gasteiger partial charge in [-0.25, -0.2) is 13.6 Å². The van der Waals surface area contributed by atoms with Crippen LogP contribution in [0, 0.1) is 0 Å². The fourth-order valence-electron chi connectivity index (χ4n) is 1.27. The van der Waals surface area contributed by atoms with Crippen molar-refractivity contribution in [2.75, 3.05) is 20.5 Å². The molecule has 0 saturated carbocycles. The average molecular weight is 192 g/mol. The number of rotatable bonds is 3. The molecule has 74 valence electrons. The summed E-state index contributed by atoms with van der Waals surface area (Å²) in [5, 5.41) is 10.9. The number of nitrogens with zero attached hydrogens (tertiary/aromatic N) is 2. The summed E-state index contributed by atoms with van der Waals surface area (Å²) in [5.74, 6) is -1.22. The minimum absolute atomic E-state index is 0.123. The molecule has 0 aromatic rings. The average Bonchev–Trinajstić information content (AvgIpc) is 2.41. The van der Waals surface area contributed by atoms with Crippen LogP contribution in [0.5, 0.6) is 0 Å². The first-order chi connectivity index (χ1) is 6.11. The molecule has 1 heterocycles. The molecule has 0 aromatic heterocycles. The van der Waals surface area contributed by atoms with Gasteiger partial charge in [0.1, 0.15) is 6.67 Å². The van der Waals surface area contributed by atoms with E-state index in [1.54, 1.807) is 0 Å². The van der Waals surface area contributed by atoms with Gasteiger partial charge >= 0.3 is 5.97 Å². The smallest absolute Gasteiger partial charge is 0.334 e. The maximum Gasteiger partial charge on any atom is 0.334 e. The molecule has 0 aromatic carbocycles. The molecular weight excluding hydrogens is 182 g/mol. The molecule has 1 rings (SSSR count). The molecule has 1 aliphatic rings. The van der Waals surface area contributed by atoms with Crippen molar-refractivity contribution in [1.29, 1.82) is 0 Å². The van der Waals surface area contributed by atoms with Gasteiger partial charge in [-0.1, -0.05) is 0 Å².